The predicted octanol–water partition coefficient (Wildman–Crippen LogP) is 10.7. The van der Waals surface area contributed by atoms with Gasteiger partial charge in [0.2, 0.25) is 0 Å². The lowest BCUT2D eigenvalue weighted by Crippen LogP contribution is -2.28. The summed E-state index contributed by atoms with van der Waals surface area (Å²) in [6, 6.07) is 0. The third-order valence-electron chi connectivity index (χ3n) is 7.78. The van der Waals surface area contributed by atoms with Crippen molar-refractivity contribution >= 4 is 13.8 Å². The summed E-state index contributed by atoms with van der Waals surface area (Å²) in [5.74, 6) is -0.348. The zero-order chi connectivity index (χ0) is 34.5. The zero-order valence-electron chi connectivity index (χ0n) is 30.3. The highest BCUT2D eigenvalue weighted by molar-refractivity contribution is 7.47. The van der Waals surface area contributed by atoms with Crippen molar-refractivity contribution in [1.82, 2.24) is 0 Å². The minimum absolute atomic E-state index is 0.0964. The Hall–Kier alpha value is -1.28. The fourth-order valence-electron chi connectivity index (χ4n) is 4.96. The first-order chi connectivity index (χ1) is 22.9. The van der Waals surface area contributed by atoms with Gasteiger partial charge >= 0.3 is 13.8 Å². The first-order valence-electron chi connectivity index (χ1n) is 19.0. The molecule has 0 bridgehead atoms. The van der Waals surface area contributed by atoms with Gasteiger partial charge in [-0.2, -0.15) is 0 Å². The highest BCUT2D eigenvalue weighted by Gasteiger charge is 2.25. The topological polar surface area (TPSA) is 117 Å². The number of esters is 1. The Kier molecular flexibility index (Phi) is 35.0. The quantitative estimate of drug-likeness (QED) is 0.0290. The third-order valence-corrected chi connectivity index (χ3v) is 8.76. The first-order valence-corrected chi connectivity index (χ1v) is 20.5. The van der Waals surface area contributed by atoms with Crippen LogP contribution in [-0.4, -0.2) is 49.9 Å². The van der Waals surface area contributed by atoms with Crippen LogP contribution in [0.15, 0.2) is 36.5 Å². The molecule has 47 heavy (non-hydrogen) atoms. The van der Waals surface area contributed by atoms with Crippen molar-refractivity contribution < 1.29 is 32.8 Å². The van der Waals surface area contributed by atoms with E-state index in [9.17, 15) is 14.3 Å². The zero-order valence-corrected chi connectivity index (χ0v) is 31.2. The summed E-state index contributed by atoms with van der Waals surface area (Å²) >= 11 is 0. The van der Waals surface area contributed by atoms with E-state index in [1.165, 1.54) is 83.5 Å². The molecule has 0 aliphatic carbocycles. The molecule has 0 spiro atoms. The number of hydrogen-bond acceptors (Lipinski definition) is 7. The third kappa shape index (κ3) is 35.8. The second-order valence-electron chi connectivity index (χ2n) is 12.4. The predicted molar refractivity (Wildman–Crippen MR) is 196 cm³/mol. The van der Waals surface area contributed by atoms with E-state index in [2.05, 4.69) is 50.3 Å². The number of ether oxygens (including phenoxy) is 2. The Morgan fingerprint density at radius 3 is 1.68 bits per heavy atom. The van der Waals surface area contributed by atoms with E-state index in [1.54, 1.807) is 0 Å². The summed E-state index contributed by atoms with van der Waals surface area (Å²) in [6.07, 6.45) is 38.6. The maximum atomic E-state index is 12.5. The molecule has 0 saturated carbocycles. The van der Waals surface area contributed by atoms with Gasteiger partial charge in [-0.25, -0.2) is 4.57 Å². The Labute approximate surface area is 288 Å². The van der Waals surface area contributed by atoms with Crippen molar-refractivity contribution in [3.05, 3.63) is 36.5 Å². The lowest BCUT2D eigenvalue weighted by molar-refractivity contribution is -0.154. The molecule has 276 valence electrons. The first kappa shape index (κ1) is 45.7. The van der Waals surface area contributed by atoms with Gasteiger partial charge < -0.3 is 20.1 Å². The van der Waals surface area contributed by atoms with Crippen molar-refractivity contribution in [2.45, 2.75) is 168 Å². The second-order valence-corrected chi connectivity index (χ2v) is 13.9. The molecule has 2 unspecified atom stereocenters. The fourth-order valence-corrected chi connectivity index (χ4v) is 5.73. The van der Waals surface area contributed by atoms with Gasteiger partial charge in [0.1, 0.15) is 6.10 Å². The van der Waals surface area contributed by atoms with Gasteiger partial charge in [-0.3, -0.25) is 13.8 Å². The highest BCUT2D eigenvalue weighted by atomic mass is 31.2. The Bertz CT molecular complexity index is 818. The number of rotatable bonds is 36. The lowest BCUT2D eigenvalue weighted by atomic mass is 10.1. The molecule has 0 amide bonds. The summed E-state index contributed by atoms with van der Waals surface area (Å²) < 4.78 is 33.3. The molecule has 9 heteroatoms. The molecule has 8 nitrogen and oxygen atoms in total. The van der Waals surface area contributed by atoms with Gasteiger partial charge in [0.15, 0.2) is 0 Å². The number of carbonyl (C=O) groups excluding carboxylic acids is 1. The Morgan fingerprint density at radius 2 is 1.13 bits per heavy atom. The van der Waals surface area contributed by atoms with Gasteiger partial charge in [0.05, 0.1) is 19.8 Å². The van der Waals surface area contributed by atoms with Crippen molar-refractivity contribution in [1.29, 1.82) is 0 Å². The van der Waals surface area contributed by atoms with Crippen molar-refractivity contribution in [2.75, 3.05) is 33.0 Å². The SMILES string of the molecule is CCCCC/C=C\C/C=C\CCCCCCCC(=O)OC(COCCCCCCCC/C=C\CCCCC)COP(=O)(O)OCCN. The van der Waals surface area contributed by atoms with Gasteiger partial charge in [-0.15, -0.1) is 0 Å². The van der Waals surface area contributed by atoms with Crippen LogP contribution in [0.4, 0.5) is 0 Å². The number of carbonyl (C=O) groups is 1. The number of nitrogens with two attached hydrogens (primary N) is 1. The molecule has 0 aromatic heterocycles. The van der Waals surface area contributed by atoms with Gasteiger partial charge in [-0.05, 0) is 70.6 Å². The van der Waals surface area contributed by atoms with Crippen LogP contribution in [0, 0.1) is 0 Å². The average molecular weight is 686 g/mol. The number of allylic oxidation sites excluding steroid dienone is 6. The van der Waals surface area contributed by atoms with E-state index in [0.29, 0.717) is 13.0 Å². The van der Waals surface area contributed by atoms with Crippen LogP contribution in [0.25, 0.3) is 0 Å². The van der Waals surface area contributed by atoms with Crippen LogP contribution in [0.1, 0.15) is 162 Å². The lowest BCUT2D eigenvalue weighted by Gasteiger charge is -2.20. The van der Waals surface area contributed by atoms with Crippen LogP contribution < -0.4 is 5.73 Å². The maximum Gasteiger partial charge on any atom is 0.472 e. The molecule has 0 heterocycles. The molecule has 0 aromatic carbocycles. The molecule has 2 atom stereocenters. The molecule has 3 N–H and O–H groups in total. The molecule has 0 aromatic rings. The molecular weight excluding hydrogens is 613 g/mol. The molecule has 0 saturated heterocycles. The summed E-state index contributed by atoms with van der Waals surface area (Å²) in [7, 11) is -4.27. The van der Waals surface area contributed by atoms with E-state index >= 15 is 0 Å². The minimum atomic E-state index is -4.27. The van der Waals surface area contributed by atoms with Crippen molar-refractivity contribution in [3.8, 4) is 0 Å². The number of phosphoric acid groups is 1. The summed E-state index contributed by atoms with van der Waals surface area (Å²) in [4.78, 5) is 22.4. The largest absolute Gasteiger partial charge is 0.472 e. The fraction of sp³-hybridized carbons (Fsp3) is 0.816. The highest BCUT2D eigenvalue weighted by Crippen LogP contribution is 2.43. The molecule has 0 aliphatic rings. The minimum Gasteiger partial charge on any atom is -0.457 e. The molecule has 0 aliphatic heterocycles. The maximum absolute atomic E-state index is 12.5. The molecule has 0 rings (SSSR count). The summed E-state index contributed by atoms with van der Waals surface area (Å²) in [6.45, 7) is 4.83. The van der Waals surface area contributed by atoms with E-state index in [1.807, 2.05) is 0 Å². The van der Waals surface area contributed by atoms with E-state index in [4.69, 9.17) is 24.3 Å². The van der Waals surface area contributed by atoms with E-state index in [0.717, 1.165) is 57.8 Å². The van der Waals surface area contributed by atoms with Crippen LogP contribution >= 0.6 is 7.82 Å². The van der Waals surface area contributed by atoms with Crippen molar-refractivity contribution in [3.63, 3.8) is 0 Å². The van der Waals surface area contributed by atoms with Crippen molar-refractivity contribution in [2.24, 2.45) is 5.73 Å². The van der Waals surface area contributed by atoms with Crippen LogP contribution in [0.5, 0.6) is 0 Å². The second kappa shape index (κ2) is 36.0. The molecule has 0 radical (unpaired) electrons. The average Bonchev–Trinajstić information content (AvgIpc) is 3.06. The number of unbranched alkanes of at least 4 members (excludes halogenated alkanes) is 17. The Morgan fingerprint density at radius 1 is 0.638 bits per heavy atom. The van der Waals surface area contributed by atoms with Crippen LogP contribution in [0.2, 0.25) is 0 Å². The van der Waals surface area contributed by atoms with Gasteiger partial charge in [0.25, 0.3) is 0 Å². The van der Waals surface area contributed by atoms with E-state index in [-0.39, 0.29) is 32.3 Å². The molecule has 0 fully saturated rings. The normalized spacial score (nSPS) is 14.0. The molecular formula is C38H72NO7P. The monoisotopic (exact) mass is 686 g/mol. The Balaban J connectivity index is 4.14. The number of phosphoric ester groups is 1. The summed E-state index contributed by atoms with van der Waals surface area (Å²) in [5, 5.41) is 0. The van der Waals surface area contributed by atoms with Gasteiger partial charge in [0, 0.05) is 19.6 Å². The van der Waals surface area contributed by atoms with Crippen LogP contribution in [-0.2, 0) is 27.9 Å². The van der Waals surface area contributed by atoms with Gasteiger partial charge in [-0.1, -0.05) is 121 Å². The standard InChI is InChI=1S/C38H72NO7P/c1-3-5-7-9-11-13-15-17-18-19-21-23-25-27-29-31-38(40)46-37(36-45-47(41,42)44-34-32-39)35-43-33-30-28-26-24-22-20-16-14-12-10-8-6-4-2/h11-14,17-18,37H,3-10,15-16,19-36,39H2,1-2H3,(H,41,42)/b13-11-,14-12-,18-17-. The number of hydrogen-bond donors (Lipinski definition) is 2. The van der Waals surface area contributed by atoms with E-state index < -0.39 is 13.9 Å². The summed E-state index contributed by atoms with van der Waals surface area (Å²) in [5.41, 5.74) is 5.35. The van der Waals surface area contributed by atoms with Crippen LogP contribution in [0.3, 0.4) is 0 Å². The smallest absolute Gasteiger partial charge is 0.457 e.